The van der Waals surface area contributed by atoms with Crippen molar-refractivity contribution in [2.24, 2.45) is 0 Å². The van der Waals surface area contributed by atoms with Gasteiger partial charge in [0.25, 0.3) is 0 Å². The topological polar surface area (TPSA) is 43.8 Å². The van der Waals surface area contributed by atoms with E-state index in [4.69, 9.17) is 5.73 Å². The Morgan fingerprint density at radius 1 is 1.35 bits per heavy atom. The van der Waals surface area contributed by atoms with Crippen LogP contribution < -0.4 is 5.73 Å². The summed E-state index contributed by atoms with van der Waals surface area (Å²) in [4.78, 5) is 0. The van der Waals surface area contributed by atoms with Gasteiger partial charge in [-0.2, -0.15) is 5.10 Å². The summed E-state index contributed by atoms with van der Waals surface area (Å²) in [6.07, 6.45) is 0. The molecule has 0 fully saturated rings. The normalized spacial score (nSPS) is 12.7. The first-order valence-electron chi connectivity index (χ1n) is 5.26. The van der Waals surface area contributed by atoms with Crippen molar-refractivity contribution >= 4 is 28.4 Å². The summed E-state index contributed by atoms with van der Waals surface area (Å²) in [7, 11) is 0. The number of nitrogens with two attached hydrogens (primary N) is 1. The van der Waals surface area contributed by atoms with E-state index in [0.29, 0.717) is 5.82 Å². The molecule has 0 aliphatic heterocycles. The molecule has 1 heterocycles. The van der Waals surface area contributed by atoms with E-state index in [1.165, 1.54) is 12.1 Å². The Kier molecular flexibility index (Phi) is 3.37. The van der Waals surface area contributed by atoms with Crippen molar-refractivity contribution in [3.8, 4) is 0 Å². The van der Waals surface area contributed by atoms with Crippen LogP contribution in [-0.2, 0) is 0 Å². The van der Waals surface area contributed by atoms with E-state index in [1.54, 1.807) is 16.8 Å². The molecule has 3 nitrogen and oxygen atoms in total. The Hall–Kier alpha value is -1.11. The molecule has 0 spiro atoms. The summed E-state index contributed by atoms with van der Waals surface area (Å²) >= 11 is 2.18. The van der Waals surface area contributed by atoms with Gasteiger partial charge in [-0.15, -0.1) is 0 Å². The molecule has 2 rings (SSSR count). The number of aromatic nitrogens is 2. The Labute approximate surface area is 113 Å². The monoisotopic (exact) mass is 345 g/mol. The van der Waals surface area contributed by atoms with Gasteiger partial charge in [-0.25, -0.2) is 9.07 Å². The van der Waals surface area contributed by atoms with E-state index in [9.17, 15) is 4.39 Å². The number of hydrogen-bond donors (Lipinski definition) is 1. The summed E-state index contributed by atoms with van der Waals surface area (Å²) in [6, 6.07) is 6.40. The number of hydrogen-bond acceptors (Lipinski definition) is 2. The molecule has 1 aromatic heterocycles. The number of rotatable bonds is 2. The average Bonchev–Trinajstić information content (AvgIpc) is 2.57. The van der Waals surface area contributed by atoms with E-state index < -0.39 is 0 Å². The van der Waals surface area contributed by atoms with Gasteiger partial charge >= 0.3 is 0 Å². The van der Waals surface area contributed by atoms with Crippen LogP contribution in [0.3, 0.4) is 0 Å². The van der Waals surface area contributed by atoms with Gasteiger partial charge in [0.1, 0.15) is 11.6 Å². The van der Waals surface area contributed by atoms with E-state index in [0.717, 1.165) is 14.8 Å². The van der Waals surface area contributed by atoms with Crippen molar-refractivity contribution in [2.45, 2.75) is 19.9 Å². The second kappa shape index (κ2) is 4.64. The van der Waals surface area contributed by atoms with Crippen molar-refractivity contribution < 1.29 is 4.39 Å². The molecule has 0 amide bonds. The maximum atomic E-state index is 12.9. The zero-order valence-corrected chi connectivity index (χ0v) is 11.8. The van der Waals surface area contributed by atoms with Crippen molar-refractivity contribution in [1.29, 1.82) is 0 Å². The second-order valence-electron chi connectivity index (χ2n) is 3.96. The minimum absolute atomic E-state index is 0.00202. The van der Waals surface area contributed by atoms with Gasteiger partial charge in [0.15, 0.2) is 0 Å². The zero-order valence-electron chi connectivity index (χ0n) is 9.61. The fourth-order valence-corrected chi connectivity index (χ4v) is 2.08. The first-order chi connectivity index (χ1) is 8.00. The second-order valence-corrected chi connectivity index (χ2v) is 5.04. The molecule has 0 saturated carbocycles. The molecule has 0 radical (unpaired) electrons. The molecule has 1 atom stereocenters. The molecule has 17 heavy (non-hydrogen) atoms. The van der Waals surface area contributed by atoms with E-state index in [-0.39, 0.29) is 11.9 Å². The number of anilines is 1. The highest BCUT2D eigenvalue weighted by Gasteiger charge is 2.16. The van der Waals surface area contributed by atoms with Gasteiger partial charge in [-0.1, -0.05) is 12.1 Å². The lowest BCUT2D eigenvalue weighted by Gasteiger charge is -2.14. The largest absolute Gasteiger partial charge is 0.383 e. The van der Waals surface area contributed by atoms with Crippen molar-refractivity contribution in [3.05, 3.63) is 44.9 Å². The van der Waals surface area contributed by atoms with Gasteiger partial charge in [0.2, 0.25) is 0 Å². The van der Waals surface area contributed by atoms with Crippen LogP contribution in [0.2, 0.25) is 0 Å². The van der Waals surface area contributed by atoms with Crippen molar-refractivity contribution in [3.63, 3.8) is 0 Å². The lowest BCUT2D eigenvalue weighted by Crippen LogP contribution is -2.11. The van der Waals surface area contributed by atoms with Gasteiger partial charge in [0.05, 0.1) is 15.3 Å². The molecule has 0 aliphatic rings. The smallest absolute Gasteiger partial charge is 0.136 e. The summed E-state index contributed by atoms with van der Waals surface area (Å²) in [5, 5.41) is 4.40. The van der Waals surface area contributed by atoms with Gasteiger partial charge < -0.3 is 5.73 Å². The number of halogens is 2. The fraction of sp³-hybridized carbons (Fsp3) is 0.250. The Morgan fingerprint density at radius 2 is 1.94 bits per heavy atom. The van der Waals surface area contributed by atoms with Crippen LogP contribution in [0.5, 0.6) is 0 Å². The number of benzene rings is 1. The molecule has 5 heteroatoms. The third-order valence-electron chi connectivity index (χ3n) is 2.77. The minimum Gasteiger partial charge on any atom is -0.383 e. The molecule has 2 aromatic rings. The maximum absolute atomic E-state index is 12.9. The van der Waals surface area contributed by atoms with Crippen molar-refractivity contribution in [1.82, 2.24) is 9.78 Å². The first-order valence-corrected chi connectivity index (χ1v) is 6.34. The third kappa shape index (κ3) is 2.29. The van der Waals surface area contributed by atoms with Gasteiger partial charge in [-0.3, -0.25) is 0 Å². The minimum atomic E-state index is -0.236. The Morgan fingerprint density at radius 3 is 2.41 bits per heavy atom. The van der Waals surface area contributed by atoms with Crippen molar-refractivity contribution in [2.75, 3.05) is 5.73 Å². The molecule has 0 aliphatic carbocycles. The molecule has 90 valence electrons. The van der Waals surface area contributed by atoms with Crippen LogP contribution in [0.15, 0.2) is 24.3 Å². The quantitative estimate of drug-likeness (QED) is 0.850. The molecule has 2 N–H and O–H groups in total. The molecule has 1 aromatic carbocycles. The number of nitrogens with zero attached hydrogens (tertiary/aromatic N) is 2. The maximum Gasteiger partial charge on any atom is 0.136 e. The zero-order chi connectivity index (χ0) is 12.6. The summed E-state index contributed by atoms with van der Waals surface area (Å²) in [5.41, 5.74) is 7.89. The highest BCUT2D eigenvalue weighted by atomic mass is 127. The molecule has 0 bridgehead atoms. The summed E-state index contributed by atoms with van der Waals surface area (Å²) in [6.45, 7) is 3.91. The van der Waals surface area contributed by atoms with E-state index in [2.05, 4.69) is 27.7 Å². The number of aryl methyl sites for hydroxylation is 1. The lowest BCUT2D eigenvalue weighted by atomic mass is 10.1. The van der Waals surface area contributed by atoms with Crippen LogP contribution in [0.25, 0.3) is 0 Å². The predicted molar refractivity (Wildman–Crippen MR) is 74.3 cm³/mol. The Balaban J connectivity index is 2.40. The third-order valence-corrected chi connectivity index (χ3v) is 4.10. The van der Waals surface area contributed by atoms with Gasteiger partial charge in [-0.05, 0) is 54.1 Å². The van der Waals surface area contributed by atoms with Crippen LogP contribution in [0, 0.1) is 16.3 Å². The molecular formula is C12H13FIN3. The summed E-state index contributed by atoms with van der Waals surface area (Å²) < 4.78 is 15.6. The molecular weight excluding hydrogens is 332 g/mol. The average molecular weight is 345 g/mol. The van der Waals surface area contributed by atoms with Crippen LogP contribution >= 0.6 is 22.6 Å². The van der Waals surface area contributed by atoms with Crippen LogP contribution in [0.4, 0.5) is 10.2 Å². The van der Waals surface area contributed by atoms with Crippen LogP contribution in [0.1, 0.15) is 24.2 Å². The standard InChI is InChI=1S/C12H13FIN3/c1-7-11(14)12(15)17(16-7)8(2)9-3-5-10(13)6-4-9/h3-6,8H,15H2,1-2H3. The highest BCUT2D eigenvalue weighted by Crippen LogP contribution is 2.25. The fourth-order valence-electron chi connectivity index (χ4n) is 1.72. The number of nitrogen functional groups attached to an aromatic ring is 1. The summed E-state index contributed by atoms with van der Waals surface area (Å²) in [5.74, 6) is 0.417. The lowest BCUT2D eigenvalue weighted by molar-refractivity contribution is 0.565. The first kappa shape index (κ1) is 12.3. The predicted octanol–water partition coefficient (Wildman–Crippen LogP) is 3.13. The highest BCUT2D eigenvalue weighted by molar-refractivity contribution is 14.1. The van der Waals surface area contributed by atoms with Gasteiger partial charge in [0, 0.05) is 0 Å². The molecule has 1 unspecified atom stereocenters. The van der Waals surface area contributed by atoms with E-state index in [1.807, 2.05) is 13.8 Å². The SMILES string of the molecule is Cc1nn(C(C)c2ccc(F)cc2)c(N)c1I. The Bertz CT molecular complexity index is 533. The van der Waals surface area contributed by atoms with Crippen LogP contribution in [-0.4, -0.2) is 9.78 Å². The van der Waals surface area contributed by atoms with E-state index >= 15 is 0 Å². The molecule has 0 saturated heterocycles.